The third-order valence-corrected chi connectivity index (χ3v) is 1.66. The van der Waals surface area contributed by atoms with E-state index in [2.05, 4.69) is 38.1 Å². The summed E-state index contributed by atoms with van der Waals surface area (Å²) in [5.41, 5.74) is 2.69. The van der Waals surface area contributed by atoms with Gasteiger partial charge in [0.25, 0.3) is 0 Å². The molecule has 0 nitrogen and oxygen atoms in total. The molecular formula is C12H14Br2Zr. The van der Waals surface area contributed by atoms with Crippen molar-refractivity contribution in [3.63, 3.8) is 0 Å². The predicted molar refractivity (Wildman–Crippen MR) is 53.5 cm³/mol. The van der Waals surface area contributed by atoms with Gasteiger partial charge in [0.1, 0.15) is 0 Å². The van der Waals surface area contributed by atoms with Crippen LogP contribution in [0.2, 0.25) is 0 Å². The van der Waals surface area contributed by atoms with Crippen LogP contribution in [0.5, 0.6) is 0 Å². The van der Waals surface area contributed by atoms with Crippen molar-refractivity contribution in [2.24, 2.45) is 0 Å². The van der Waals surface area contributed by atoms with Crippen LogP contribution in [0.1, 0.15) is 11.1 Å². The minimum absolute atomic E-state index is 0. The summed E-state index contributed by atoms with van der Waals surface area (Å²) in [6.07, 6.45) is 0. The van der Waals surface area contributed by atoms with Crippen LogP contribution in [0, 0.1) is 13.8 Å². The molecule has 2 rings (SSSR count). The first kappa shape index (κ1) is 20.9. The van der Waals surface area contributed by atoms with Crippen molar-refractivity contribution in [3.8, 4) is 0 Å². The van der Waals surface area contributed by atoms with Gasteiger partial charge in [0, 0.05) is 0 Å². The molecule has 15 heavy (non-hydrogen) atoms. The summed E-state index contributed by atoms with van der Waals surface area (Å²) < 4.78 is 0. The molecule has 0 unspecified atom stereocenters. The molecule has 0 saturated carbocycles. The molecule has 0 saturated heterocycles. The van der Waals surface area contributed by atoms with E-state index in [9.17, 15) is 0 Å². The zero-order valence-electron chi connectivity index (χ0n) is 8.87. The maximum Gasteiger partial charge on any atom is 4.00 e. The first-order valence-corrected chi connectivity index (χ1v) is 4.15. The van der Waals surface area contributed by atoms with E-state index >= 15 is 0 Å². The number of rotatable bonds is 0. The summed E-state index contributed by atoms with van der Waals surface area (Å²) in [6.45, 7) is 4.17. The van der Waals surface area contributed by atoms with Crippen molar-refractivity contribution in [3.05, 3.63) is 59.7 Å². The van der Waals surface area contributed by atoms with Crippen LogP contribution in [0.3, 0.4) is 0 Å². The SMILES string of the molecule is C[c-]1cccc1.C[c-]1cccc1.[Br-].[Br-].[Zr+4]. The van der Waals surface area contributed by atoms with E-state index in [4.69, 9.17) is 0 Å². The number of aryl methyl sites for hydroxylation is 2. The summed E-state index contributed by atoms with van der Waals surface area (Å²) in [5.74, 6) is 0. The zero-order chi connectivity index (χ0) is 8.81. The van der Waals surface area contributed by atoms with Gasteiger partial charge in [0.2, 0.25) is 0 Å². The first-order valence-electron chi connectivity index (χ1n) is 4.15. The summed E-state index contributed by atoms with van der Waals surface area (Å²) in [6, 6.07) is 16.5. The minimum Gasteiger partial charge on any atom is -1.00 e. The fraction of sp³-hybridized carbons (Fsp3) is 0.167. The molecule has 0 aliphatic carbocycles. The van der Waals surface area contributed by atoms with Gasteiger partial charge in [-0.05, 0) is 0 Å². The molecule has 0 atom stereocenters. The van der Waals surface area contributed by atoms with Crippen LogP contribution < -0.4 is 34.0 Å². The van der Waals surface area contributed by atoms with Crippen molar-refractivity contribution in [2.45, 2.75) is 13.8 Å². The van der Waals surface area contributed by atoms with Gasteiger partial charge >= 0.3 is 26.2 Å². The largest absolute Gasteiger partial charge is 4.00 e. The molecule has 0 bridgehead atoms. The zero-order valence-corrected chi connectivity index (χ0v) is 14.5. The molecule has 0 aliphatic heterocycles. The second-order valence-electron chi connectivity index (χ2n) is 2.92. The Balaban J connectivity index is -0.000000160. The average Bonchev–Trinajstić information content (AvgIpc) is 2.63. The molecule has 0 amide bonds. The molecule has 0 N–H and O–H groups in total. The van der Waals surface area contributed by atoms with E-state index in [0.717, 1.165) is 0 Å². The van der Waals surface area contributed by atoms with Crippen molar-refractivity contribution >= 4 is 0 Å². The Kier molecular flexibility index (Phi) is 17.6. The molecule has 80 valence electrons. The van der Waals surface area contributed by atoms with Gasteiger partial charge in [0.05, 0.1) is 0 Å². The van der Waals surface area contributed by atoms with Gasteiger partial charge in [-0.15, -0.1) is 0 Å². The molecule has 0 radical (unpaired) electrons. The molecule has 2 aromatic carbocycles. The molecule has 0 aliphatic rings. The van der Waals surface area contributed by atoms with Crippen molar-refractivity contribution in [1.29, 1.82) is 0 Å². The third kappa shape index (κ3) is 10.8. The summed E-state index contributed by atoms with van der Waals surface area (Å²) in [7, 11) is 0. The Morgan fingerprint density at radius 1 is 0.600 bits per heavy atom. The number of hydrogen-bond donors (Lipinski definition) is 0. The third-order valence-electron chi connectivity index (χ3n) is 1.66. The molecular weight excluding hydrogens is 395 g/mol. The van der Waals surface area contributed by atoms with E-state index in [-0.39, 0.29) is 60.2 Å². The van der Waals surface area contributed by atoms with E-state index in [1.54, 1.807) is 0 Å². The van der Waals surface area contributed by atoms with Gasteiger partial charge < -0.3 is 34.0 Å². The fourth-order valence-corrected chi connectivity index (χ4v) is 0.940. The molecule has 2 aromatic rings. The van der Waals surface area contributed by atoms with Gasteiger partial charge in [0.15, 0.2) is 0 Å². The molecule has 0 spiro atoms. The van der Waals surface area contributed by atoms with Gasteiger partial charge in [-0.25, -0.2) is 24.3 Å². The first-order chi connectivity index (χ1) is 5.79. The van der Waals surface area contributed by atoms with Crippen molar-refractivity contribution < 1.29 is 60.2 Å². The second kappa shape index (κ2) is 12.6. The molecule has 0 heterocycles. The minimum atomic E-state index is 0. The van der Waals surface area contributed by atoms with E-state index in [0.29, 0.717) is 0 Å². The Morgan fingerprint density at radius 2 is 0.800 bits per heavy atom. The maximum absolute atomic E-state index is 2.08. The fourth-order valence-electron chi connectivity index (χ4n) is 0.940. The van der Waals surface area contributed by atoms with Gasteiger partial charge in [-0.2, -0.15) is 35.4 Å². The number of hydrogen-bond acceptors (Lipinski definition) is 0. The van der Waals surface area contributed by atoms with Gasteiger partial charge in [-0.1, -0.05) is 13.8 Å². The molecule has 3 heteroatoms. The average molecular weight is 409 g/mol. The number of halogens is 2. The standard InChI is InChI=1S/2C6H7.2BrH.Zr/c2*1-6-4-2-3-5-6;;;/h2*2-5H,1H3;2*1H;/q2*-1;;;+4/p-2. The summed E-state index contributed by atoms with van der Waals surface area (Å²) >= 11 is 0. The normalized spacial score (nSPS) is 7.07. The predicted octanol–water partition coefficient (Wildman–Crippen LogP) is -2.57. The smallest absolute Gasteiger partial charge is 1.00 e. The van der Waals surface area contributed by atoms with Crippen LogP contribution in [0.4, 0.5) is 0 Å². The monoisotopic (exact) mass is 406 g/mol. The van der Waals surface area contributed by atoms with Crippen LogP contribution >= 0.6 is 0 Å². The molecule has 0 aromatic heterocycles. The van der Waals surface area contributed by atoms with Crippen LogP contribution in [0.15, 0.2) is 48.5 Å². The summed E-state index contributed by atoms with van der Waals surface area (Å²) in [5, 5.41) is 0. The quantitative estimate of drug-likeness (QED) is 0.420. The summed E-state index contributed by atoms with van der Waals surface area (Å²) in [4.78, 5) is 0. The molecule has 0 fully saturated rings. The Bertz CT molecular complexity index is 253. The van der Waals surface area contributed by atoms with E-state index in [1.807, 2.05) is 24.3 Å². The topological polar surface area (TPSA) is 0 Å². The van der Waals surface area contributed by atoms with E-state index in [1.165, 1.54) is 11.1 Å². The van der Waals surface area contributed by atoms with Crippen LogP contribution in [-0.2, 0) is 26.2 Å². The second-order valence-corrected chi connectivity index (χ2v) is 2.92. The Hall–Kier alpha value is 0.543. The van der Waals surface area contributed by atoms with Gasteiger partial charge in [-0.3, -0.25) is 0 Å². The maximum atomic E-state index is 2.08. The van der Waals surface area contributed by atoms with Crippen LogP contribution in [-0.4, -0.2) is 0 Å². The van der Waals surface area contributed by atoms with E-state index < -0.39 is 0 Å². The Morgan fingerprint density at radius 3 is 0.867 bits per heavy atom. The van der Waals surface area contributed by atoms with Crippen LogP contribution in [0.25, 0.3) is 0 Å². The Labute approximate surface area is 132 Å². The van der Waals surface area contributed by atoms with Crippen molar-refractivity contribution in [2.75, 3.05) is 0 Å². The van der Waals surface area contributed by atoms with Crippen molar-refractivity contribution in [1.82, 2.24) is 0 Å².